The van der Waals surface area contributed by atoms with E-state index in [1.165, 1.54) is 11.1 Å². The Morgan fingerprint density at radius 2 is 1.81 bits per heavy atom. The number of nitrogens with zero attached hydrogens (tertiary/aromatic N) is 3. The van der Waals surface area contributed by atoms with Crippen molar-refractivity contribution in [1.82, 2.24) is 14.7 Å². The molecule has 3 heterocycles. The first-order valence-electron chi connectivity index (χ1n) is 9.80. The zero-order chi connectivity index (χ0) is 18.9. The molecule has 2 atom stereocenters. The number of aromatic nitrogens is 2. The van der Waals surface area contributed by atoms with E-state index in [4.69, 9.17) is 4.74 Å². The molecule has 0 bridgehead atoms. The van der Waals surface area contributed by atoms with Gasteiger partial charge in [-0.1, -0.05) is 24.3 Å². The van der Waals surface area contributed by atoms with E-state index in [0.717, 1.165) is 39.0 Å². The molecule has 4 rings (SSSR count). The van der Waals surface area contributed by atoms with Crippen LogP contribution in [0.2, 0.25) is 0 Å². The van der Waals surface area contributed by atoms with Gasteiger partial charge in [0.1, 0.15) is 6.10 Å². The molecule has 27 heavy (non-hydrogen) atoms. The van der Waals surface area contributed by atoms with E-state index >= 15 is 0 Å². The van der Waals surface area contributed by atoms with Crippen LogP contribution in [-0.2, 0) is 17.8 Å². The van der Waals surface area contributed by atoms with Crippen molar-refractivity contribution in [3.8, 4) is 0 Å². The fourth-order valence-corrected chi connectivity index (χ4v) is 4.43. The summed E-state index contributed by atoms with van der Waals surface area (Å²) < 4.78 is 7.94. The van der Waals surface area contributed by atoms with Crippen molar-refractivity contribution in [2.75, 3.05) is 19.7 Å². The molecule has 2 saturated heterocycles. The third-order valence-corrected chi connectivity index (χ3v) is 6.19. The van der Waals surface area contributed by atoms with Crippen LogP contribution in [0.4, 0.5) is 0 Å². The van der Waals surface area contributed by atoms with Gasteiger partial charge in [-0.3, -0.25) is 9.58 Å². The summed E-state index contributed by atoms with van der Waals surface area (Å²) in [7, 11) is 0. The fraction of sp³-hybridized carbons (Fsp3) is 0.571. The Bertz CT molecular complexity index is 752. The van der Waals surface area contributed by atoms with Gasteiger partial charge in [0.05, 0.1) is 24.4 Å². The summed E-state index contributed by atoms with van der Waals surface area (Å²) in [6.07, 6.45) is 4.93. The van der Waals surface area contributed by atoms with Gasteiger partial charge in [0.2, 0.25) is 0 Å². The van der Waals surface area contributed by atoms with E-state index in [-0.39, 0.29) is 0 Å². The molecular weight excluding hydrogens is 342 g/mol. The Kier molecular flexibility index (Phi) is 5.07. The lowest BCUT2D eigenvalue weighted by Crippen LogP contribution is -2.64. The van der Waals surface area contributed by atoms with Gasteiger partial charge in [0.15, 0.2) is 0 Å². The maximum atomic E-state index is 10.7. The molecule has 2 aliphatic heterocycles. The lowest BCUT2D eigenvalue weighted by molar-refractivity contribution is -0.246. The van der Waals surface area contributed by atoms with E-state index in [1.807, 2.05) is 16.9 Å². The van der Waals surface area contributed by atoms with Crippen molar-refractivity contribution in [2.45, 2.75) is 56.6 Å². The third-order valence-electron chi connectivity index (χ3n) is 6.19. The van der Waals surface area contributed by atoms with Crippen LogP contribution in [0.3, 0.4) is 0 Å². The van der Waals surface area contributed by atoms with Gasteiger partial charge in [-0.25, -0.2) is 0 Å². The summed E-state index contributed by atoms with van der Waals surface area (Å²) in [6, 6.07) is 10.4. The van der Waals surface area contributed by atoms with Crippen LogP contribution in [0.1, 0.15) is 37.3 Å². The summed E-state index contributed by atoms with van der Waals surface area (Å²) in [5.41, 5.74) is 0.920. The summed E-state index contributed by atoms with van der Waals surface area (Å²) in [5.74, 6) is 0. The third kappa shape index (κ3) is 3.80. The molecule has 1 aromatic carbocycles. The summed E-state index contributed by atoms with van der Waals surface area (Å²) >= 11 is 0. The van der Waals surface area contributed by atoms with Gasteiger partial charge < -0.3 is 14.9 Å². The minimum absolute atomic E-state index is 0.487. The van der Waals surface area contributed by atoms with Crippen molar-refractivity contribution in [3.63, 3.8) is 0 Å². The van der Waals surface area contributed by atoms with Crippen molar-refractivity contribution in [3.05, 3.63) is 53.9 Å². The van der Waals surface area contributed by atoms with Crippen LogP contribution < -0.4 is 0 Å². The summed E-state index contributed by atoms with van der Waals surface area (Å²) in [5, 5.41) is 25.5. The highest BCUT2D eigenvalue weighted by Crippen LogP contribution is 2.40. The molecule has 0 unspecified atom stereocenters. The predicted octanol–water partition coefficient (Wildman–Crippen LogP) is 1.80. The molecule has 2 fully saturated rings. The maximum absolute atomic E-state index is 10.7. The molecule has 6 nitrogen and oxygen atoms in total. The zero-order valence-corrected chi connectivity index (χ0v) is 15.9. The molecule has 6 heteroatoms. The Balaban J connectivity index is 1.41. The van der Waals surface area contributed by atoms with Crippen molar-refractivity contribution in [2.24, 2.45) is 0 Å². The Morgan fingerprint density at radius 3 is 2.48 bits per heavy atom. The van der Waals surface area contributed by atoms with E-state index in [9.17, 15) is 10.2 Å². The van der Waals surface area contributed by atoms with Gasteiger partial charge in [-0.15, -0.1) is 0 Å². The van der Waals surface area contributed by atoms with Crippen LogP contribution in [0.25, 0.3) is 0 Å². The number of aliphatic hydroxyl groups is 2. The number of benzene rings is 1. The zero-order valence-electron chi connectivity index (χ0n) is 15.9. The largest absolute Gasteiger partial charge is 0.387 e. The van der Waals surface area contributed by atoms with Gasteiger partial charge >= 0.3 is 0 Å². The predicted molar refractivity (Wildman–Crippen MR) is 102 cm³/mol. The van der Waals surface area contributed by atoms with E-state index in [2.05, 4.69) is 34.3 Å². The highest BCUT2D eigenvalue weighted by molar-refractivity contribution is 5.27. The fourth-order valence-electron chi connectivity index (χ4n) is 4.43. The molecule has 1 spiro atoms. The van der Waals surface area contributed by atoms with E-state index in [0.29, 0.717) is 13.0 Å². The van der Waals surface area contributed by atoms with Crippen LogP contribution in [-0.4, -0.2) is 61.9 Å². The average molecular weight is 371 g/mol. The summed E-state index contributed by atoms with van der Waals surface area (Å²) in [6.45, 7) is 5.58. The van der Waals surface area contributed by atoms with Gasteiger partial charge in [0, 0.05) is 38.4 Å². The van der Waals surface area contributed by atoms with Gasteiger partial charge in [0.25, 0.3) is 0 Å². The van der Waals surface area contributed by atoms with Gasteiger partial charge in [-0.05, 0) is 37.0 Å². The number of ether oxygens (including phenoxy) is 1. The number of piperidine rings is 1. The first-order chi connectivity index (χ1) is 13.0. The Labute approximate surface area is 160 Å². The number of rotatable bonds is 4. The second-order valence-electron chi connectivity index (χ2n) is 8.17. The van der Waals surface area contributed by atoms with Gasteiger partial charge in [-0.2, -0.15) is 5.10 Å². The van der Waals surface area contributed by atoms with Crippen LogP contribution in [0.5, 0.6) is 0 Å². The lowest BCUT2D eigenvalue weighted by atomic mass is 9.75. The number of hydrogen-bond acceptors (Lipinski definition) is 5. The van der Waals surface area contributed by atoms with Crippen LogP contribution >= 0.6 is 0 Å². The number of likely N-dealkylation sites (tertiary alicyclic amines) is 1. The number of aliphatic hydroxyl groups excluding tert-OH is 1. The highest BCUT2D eigenvalue weighted by atomic mass is 16.5. The normalized spacial score (nSPS) is 28.5. The topological polar surface area (TPSA) is 70.8 Å². The SMILES string of the molecule is C[C@@]1(O)CCOC2(CCN(Cc3ccccc3Cn3cccn3)CC2)[C@H]1O. The standard InChI is InChI=1S/C21H29N3O3/c1-20(26)9-14-27-21(19(20)25)7-12-23(13-8-21)15-17-5-2-3-6-18(17)16-24-11-4-10-22-24/h2-6,10-11,19,25-26H,7-9,12-16H2,1H3/t19-,20+/m0/s1. The smallest absolute Gasteiger partial charge is 0.111 e. The minimum atomic E-state index is -1.06. The van der Waals surface area contributed by atoms with E-state index in [1.54, 1.807) is 13.1 Å². The van der Waals surface area contributed by atoms with E-state index < -0.39 is 17.3 Å². The first kappa shape index (κ1) is 18.6. The second kappa shape index (κ2) is 7.36. The molecule has 2 aliphatic rings. The summed E-state index contributed by atoms with van der Waals surface area (Å²) in [4.78, 5) is 2.41. The Morgan fingerprint density at radius 1 is 1.11 bits per heavy atom. The lowest BCUT2D eigenvalue weighted by Gasteiger charge is -2.51. The van der Waals surface area contributed by atoms with Crippen molar-refractivity contribution >= 4 is 0 Å². The monoisotopic (exact) mass is 371 g/mol. The average Bonchev–Trinajstić information content (AvgIpc) is 3.16. The highest BCUT2D eigenvalue weighted by Gasteiger charge is 2.52. The molecule has 2 aromatic rings. The molecule has 0 amide bonds. The molecular formula is C21H29N3O3. The second-order valence-corrected chi connectivity index (χ2v) is 8.17. The molecule has 0 saturated carbocycles. The minimum Gasteiger partial charge on any atom is -0.387 e. The van der Waals surface area contributed by atoms with Crippen LogP contribution in [0, 0.1) is 0 Å². The quantitative estimate of drug-likeness (QED) is 0.858. The molecule has 0 radical (unpaired) electrons. The molecule has 1 aromatic heterocycles. The van der Waals surface area contributed by atoms with Crippen molar-refractivity contribution in [1.29, 1.82) is 0 Å². The molecule has 2 N–H and O–H groups in total. The Hall–Kier alpha value is -1.73. The number of hydrogen-bond donors (Lipinski definition) is 2. The molecule has 146 valence electrons. The molecule has 0 aliphatic carbocycles. The van der Waals surface area contributed by atoms with Crippen LogP contribution in [0.15, 0.2) is 42.7 Å². The van der Waals surface area contributed by atoms with Crippen molar-refractivity contribution < 1.29 is 14.9 Å². The first-order valence-corrected chi connectivity index (χ1v) is 9.80. The maximum Gasteiger partial charge on any atom is 0.111 e.